The number of H-pyrrole nitrogens is 1. The maximum absolute atomic E-state index is 13.0. The number of para-hydroxylation sites is 2. The first-order valence-electron chi connectivity index (χ1n) is 10.3. The number of fused-ring (bicyclic) bond motifs is 1. The third-order valence-corrected chi connectivity index (χ3v) is 5.95. The second-order valence-corrected chi connectivity index (χ2v) is 7.98. The zero-order valence-corrected chi connectivity index (χ0v) is 16.1. The number of benzene rings is 1. The molecule has 0 spiro atoms. The third-order valence-electron chi connectivity index (χ3n) is 5.95. The second-order valence-electron chi connectivity index (χ2n) is 7.98. The fourth-order valence-corrected chi connectivity index (χ4v) is 4.45. The maximum Gasteiger partial charge on any atom is 0.289 e. The molecule has 2 fully saturated rings. The van der Waals surface area contributed by atoms with E-state index in [2.05, 4.69) is 9.88 Å². The van der Waals surface area contributed by atoms with Crippen LogP contribution in [0.15, 0.2) is 40.8 Å². The molecule has 0 aliphatic carbocycles. The minimum Gasteiger partial charge on any atom is -0.455 e. The maximum atomic E-state index is 13.0. The van der Waals surface area contributed by atoms with Crippen molar-refractivity contribution in [3.63, 3.8) is 0 Å². The van der Waals surface area contributed by atoms with Gasteiger partial charge < -0.3 is 14.3 Å². The van der Waals surface area contributed by atoms with Gasteiger partial charge >= 0.3 is 0 Å². The predicted molar refractivity (Wildman–Crippen MR) is 107 cm³/mol. The molecule has 2 aromatic heterocycles. The van der Waals surface area contributed by atoms with Crippen LogP contribution in [-0.4, -0.2) is 51.9 Å². The van der Waals surface area contributed by atoms with E-state index < -0.39 is 0 Å². The zero-order valence-electron chi connectivity index (χ0n) is 16.1. The van der Waals surface area contributed by atoms with Crippen molar-refractivity contribution in [3.05, 3.63) is 53.7 Å². The van der Waals surface area contributed by atoms with Gasteiger partial charge in [-0.3, -0.25) is 9.69 Å². The Morgan fingerprint density at radius 2 is 1.96 bits per heavy atom. The molecular weight excluding hydrogens is 352 g/mol. The lowest BCUT2D eigenvalue weighted by molar-refractivity contribution is 0.0669. The Kier molecular flexibility index (Phi) is 4.64. The Balaban J connectivity index is 1.28. The Morgan fingerprint density at radius 3 is 2.82 bits per heavy atom. The normalized spacial score (nSPS) is 20.9. The van der Waals surface area contributed by atoms with E-state index in [4.69, 9.17) is 9.40 Å². The number of nitrogens with zero attached hydrogens (tertiary/aromatic N) is 3. The van der Waals surface area contributed by atoms with Gasteiger partial charge in [0, 0.05) is 19.0 Å². The smallest absolute Gasteiger partial charge is 0.289 e. The molecule has 1 atom stereocenters. The summed E-state index contributed by atoms with van der Waals surface area (Å²) in [5.41, 5.74) is 2.04. The van der Waals surface area contributed by atoms with Gasteiger partial charge in [-0.25, -0.2) is 4.98 Å². The molecule has 6 nitrogen and oxygen atoms in total. The number of rotatable bonds is 4. The van der Waals surface area contributed by atoms with E-state index in [0.717, 1.165) is 61.6 Å². The van der Waals surface area contributed by atoms with E-state index in [9.17, 15) is 4.79 Å². The number of amides is 1. The van der Waals surface area contributed by atoms with Crippen molar-refractivity contribution in [3.8, 4) is 0 Å². The Morgan fingerprint density at radius 1 is 1.11 bits per heavy atom. The van der Waals surface area contributed by atoms with E-state index in [1.807, 2.05) is 41.3 Å². The molecule has 1 N–H and O–H groups in total. The van der Waals surface area contributed by atoms with Crippen LogP contribution in [0.3, 0.4) is 0 Å². The van der Waals surface area contributed by atoms with Crippen molar-refractivity contribution in [1.29, 1.82) is 0 Å². The van der Waals surface area contributed by atoms with Gasteiger partial charge in [0.05, 0.1) is 17.6 Å². The average molecular weight is 378 g/mol. The molecule has 1 aromatic carbocycles. The van der Waals surface area contributed by atoms with Crippen molar-refractivity contribution < 1.29 is 9.21 Å². The molecular formula is C22H26N4O2. The summed E-state index contributed by atoms with van der Waals surface area (Å²) in [4.78, 5) is 25.5. The Labute approximate surface area is 164 Å². The average Bonchev–Trinajstić information content (AvgIpc) is 3.48. The van der Waals surface area contributed by atoms with Gasteiger partial charge in [-0.1, -0.05) is 12.1 Å². The SMILES string of the molecule is O=C(c1ccc(CN2CCCC2)o1)N1CCCC(c2nc3ccccc3[nH]2)C1. The molecule has 2 aliphatic rings. The van der Waals surface area contributed by atoms with Crippen LogP contribution in [0, 0.1) is 0 Å². The molecule has 28 heavy (non-hydrogen) atoms. The number of nitrogens with one attached hydrogen (secondary N) is 1. The summed E-state index contributed by atoms with van der Waals surface area (Å²) in [5, 5.41) is 0. The molecule has 2 aliphatic heterocycles. The summed E-state index contributed by atoms with van der Waals surface area (Å²) >= 11 is 0. The summed E-state index contributed by atoms with van der Waals surface area (Å²) in [6.45, 7) is 4.50. The van der Waals surface area contributed by atoms with Crippen LogP contribution in [0.1, 0.15) is 53.7 Å². The van der Waals surface area contributed by atoms with E-state index in [-0.39, 0.29) is 11.8 Å². The van der Waals surface area contributed by atoms with Crippen molar-refractivity contribution in [2.24, 2.45) is 0 Å². The third kappa shape index (κ3) is 3.44. The highest BCUT2D eigenvalue weighted by molar-refractivity contribution is 5.91. The fourth-order valence-electron chi connectivity index (χ4n) is 4.45. The van der Waals surface area contributed by atoms with Crippen LogP contribution in [0.25, 0.3) is 11.0 Å². The zero-order chi connectivity index (χ0) is 18.9. The van der Waals surface area contributed by atoms with Crippen molar-refractivity contribution >= 4 is 16.9 Å². The summed E-state index contributed by atoms with van der Waals surface area (Å²) < 4.78 is 5.89. The topological polar surface area (TPSA) is 65.4 Å². The van der Waals surface area contributed by atoms with Gasteiger partial charge in [-0.2, -0.15) is 0 Å². The number of hydrogen-bond acceptors (Lipinski definition) is 4. The molecule has 5 rings (SSSR count). The fraction of sp³-hybridized carbons (Fsp3) is 0.455. The highest BCUT2D eigenvalue weighted by Gasteiger charge is 2.29. The number of imidazole rings is 1. The lowest BCUT2D eigenvalue weighted by Crippen LogP contribution is -2.39. The lowest BCUT2D eigenvalue weighted by atomic mass is 9.97. The Bertz CT molecular complexity index is 937. The molecule has 3 aromatic rings. The van der Waals surface area contributed by atoms with Crippen LogP contribution >= 0.6 is 0 Å². The Hall–Kier alpha value is -2.60. The minimum atomic E-state index is -0.00603. The summed E-state index contributed by atoms with van der Waals surface area (Å²) in [7, 11) is 0. The van der Waals surface area contributed by atoms with Gasteiger partial charge in [0.25, 0.3) is 5.91 Å². The second kappa shape index (κ2) is 7.43. The van der Waals surface area contributed by atoms with Crippen LogP contribution in [-0.2, 0) is 6.54 Å². The van der Waals surface area contributed by atoms with Crippen molar-refractivity contribution in [2.75, 3.05) is 26.2 Å². The number of furan rings is 1. The van der Waals surface area contributed by atoms with Gasteiger partial charge in [0.2, 0.25) is 0 Å². The molecule has 4 heterocycles. The molecule has 2 saturated heterocycles. The number of piperidine rings is 1. The van der Waals surface area contributed by atoms with Crippen molar-refractivity contribution in [2.45, 2.75) is 38.1 Å². The van der Waals surface area contributed by atoms with Gasteiger partial charge in [-0.05, 0) is 63.0 Å². The lowest BCUT2D eigenvalue weighted by Gasteiger charge is -2.31. The van der Waals surface area contributed by atoms with Crippen LogP contribution in [0.2, 0.25) is 0 Å². The molecule has 1 unspecified atom stereocenters. The monoisotopic (exact) mass is 378 g/mol. The first-order valence-corrected chi connectivity index (χ1v) is 10.3. The number of aromatic nitrogens is 2. The molecule has 0 bridgehead atoms. The van der Waals surface area contributed by atoms with E-state index in [1.165, 1.54) is 12.8 Å². The van der Waals surface area contributed by atoms with Crippen molar-refractivity contribution in [1.82, 2.24) is 19.8 Å². The number of carbonyl (C=O) groups is 1. The van der Waals surface area contributed by atoms with Crippen LogP contribution in [0.4, 0.5) is 0 Å². The summed E-state index contributed by atoms with van der Waals surface area (Å²) in [6.07, 6.45) is 4.53. The molecule has 1 amide bonds. The van der Waals surface area contributed by atoms with Gasteiger partial charge in [0.15, 0.2) is 5.76 Å². The highest BCUT2D eigenvalue weighted by Crippen LogP contribution is 2.28. The van der Waals surface area contributed by atoms with E-state index >= 15 is 0 Å². The number of aromatic amines is 1. The molecule has 6 heteroatoms. The number of hydrogen-bond donors (Lipinski definition) is 1. The number of likely N-dealkylation sites (tertiary alicyclic amines) is 2. The molecule has 146 valence electrons. The molecule has 0 radical (unpaired) electrons. The first kappa shape index (κ1) is 17.5. The van der Waals surface area contributed by atoms with E-state index in [1.54, 1.807) is 0 Å². The van der Waals surface area contributed by atoms with Crippen LogP contribution < -0.4 is 0 Å². The standard InChI is InChI=1S/C22H26N4O2/c27-22(20-10-9-17(28-20)15-25-11-3-4-12-25)26-13-5-6-16(14-26)21-23-18-7-1-2-8-19(18)24-21/h1-2,7-10,16H,3-6,11-15H2,(H,23,24). The highest BCUT2D eigenvalue weighted by atomic mass is 16.4. The van der Waals surface area contributed by atoms with Gasteiger partial charge in [0.1, 0.15) is 11.6 Å². The predicted octanol–water partition coefficient (Wildman–Crippen LogP) is 3.77. The quantitative estimate of drug-likeness (QED) is 0.750. The number of carbonyl (C=O) groups excluding carboxylic acids is 1. The molecule has 0 saturated carbocycles. The van der Waals surface area contributed by atoms with Gasteiger partial charge in [-0.15, -0.1) is 0 Å². The summed E-state index contributed by atoms with van der Waals surface area (Å²) in [5.74, 6) is 2.56. The van der Waals surface area contributed by atoms with E-state index in [0.29, 0.717) is 12.3 Å². The minimum absolute atomic E-state index is 0.00603. The van der Waals surface area contributed by atoms with Crippen LogP contribution in [0.5, 0.6) is 0 Å². The first-order chi connectivity index (χ1) is 13.8. The summed E-state index contributed by atoms with van der Waals surface area (Å²) in [6, 6.07) is 11.9. The largest absolute Gasteiger partial charge is 0.455 e.